The minimum absolute atomic E-state index is 0.417. The molecule has 0 aliphatic heterocycles. The fourth-order valence-electron chi connectivity index (χ4n) is 2.02. The van der Waals surface area contributed by atoms with E-state index in [9.17, 15) is 0 Å². The normalized spacial score (nSPS) is 10.5. The summed E-state index contributed by atoms with van der Waals surface area (Å²) in [7, 11) is 0. The molecule has 0 aliphatic rings. The summed E-state index contributed by atoms with van der Waals surface area (Å²) in [5.41, 5.74) is 1.82. The Hall–Kier alpha value is -2.20. The summed E-state index contributed by atoms with van der Waals surface area (Å²) >= 11 is 3.43. The zero-order valence-corrected chi connectivity index (χ0v) is 12.9. The average Bonchev–Trinajstić information content (AvgIpc) is 2.53. The Labute approximate surface area is 131 Å². The van der Waals surface area contributed by atoms with Gasteiger partial charge in [0.2, 0.25) is 5.88 Å². The molecule has 0 bridgehead atoms. The van der Waals surface area contributed by atoms with Crippen LogP contribution in [-0.2, 0) is 0 Å². The molecular formula is C17H13BrN2O. The van der Waals surface area contributed by atoms with Crippen molar-refractivity contribution in [2.45, 2.75) is 0 Å². The van der Waals surface area contributed by atoms with Gasteiger partial charge in [-0.1, -0.05) is 52.9 Å². The second-order valence-electron chi connectivity index (χ2n) is 4.48. The Morgan fingerprint density at radius 3 is 2.57 bits per heavy atom. The Balaban J connectivity index is 2.14. The van der Waals surface area contributed by atoms with E-state index in [0.29, 0.717) is 18.3 Å². The highest BCUT2D eigenvalue weighted by Gasteiger charge is 2.09. The number of fused-ring (bicyclic) bond motifs is 1. The number of para-hydroxylation sites is 1. The molecular weight excluding hydrogens is 328 g/mol. The van der Waals surface area contributed by atoms with Crippen LogP contribution in [0.5, 0.6) is 5.88 Å². The smallest absolute Gasteiger partial charge is 0.225 e. The van der Waals surface area contributed by atoms with Gasteiger partial charge in [0, 0.05) is 10.0 Å². The second-order valence-corrected chi connectivity index (χ2v) is 5.39. The number of rotatable bonds is 4. The number of hydrogen-bond donors (Lipinski definition) is 0. The number of halogens is 1. The van der Waals surface area contributed by atoms with E-state index in [-0.39, 0.29) is 0 Å². The molecule has 0 radical (unpaired) electrons. The first-order chi connectivity index (χ1) is 10.3. The zero-order valence-electron chi connectivity index (χ0n) is 11.3. The molecule has 4 heteroatoms. The minimum atomic E-state index is 0.417. The van der Waals surface area contributed by atoms with Crippen molar-refractivity contribution in [3.63, 3.8) is 0 Å². The van der Waals surface area contributed by atoms with Crippen molar-refractivity contribution in [1.82, 2.24) is 9.97 Å². The van der Waals surface area contributed by atoms with E-state index in [4.69, 9.17) is 4.74 Å². The van der Waals surface area contributed by atoms with Crippen molar-refractivity contribution in [3.05, 3.63) is 65.7 Å². The number of aromatic nitrogens is 2. The number of hydrogen-bond acceptors (Lipinski definition) is 3. The molecule has 0 fully saturated rings. The highest BCUT2D eigenvalue weighted by molar-refractivity contribution is 9.10. The van der Waals surface area contributed by atoms with E-state index in [1.165, 1.54) is 0 Å². The molecule has 2 aromatic carbocycles. The third-order valence-corrected chi connectivity index (χ3v) is 3.54. The monoisotopic (exact) mass is 340 g/mol. The fraction of sp³-hybridized carbons (Fsp3) is 0.0588. The maximum Gasteiger partial charge on any atom is 0.225 e. The summed E-state index contributed by atoms with van der Waals surface area (Å²) < 4.78 is 6.70. The largest absolute Gasteiger partial charge is 0.473 e. The van der Waals surface area contributed by atoms with Crippen LogP contribution in [0, 0.1) is 0 Å². The van der Waals surface area contributed by atoms with Gasteiger partial charge < -0.3 is 4.74 Å². The molecule has 3 nitrogen and oxygen atoms in total. The quantitative estimate of drug-likeness (QED) is 0.649. The molecule has 1 heterocycles. The van der Waals surface area contributed by atoms with Crippen LogP contribution in [0.1, 0.15) is 0 Å². The summed E-state index contributed by atoms with van der Waals surface area (Å²) in [6, 6.07) is 15.7. The van der Waals surface area contributed by atoms with Crippen LogP contribution in [0.4, 0.5) is 0 Å². The number of benzene rings is 2. The topological polar surface area (TPSA) is 35.0 Å². The molecule has 0 spiro atoms. The third kappa shape index (κ3) is 2.95. The van der Waals surface area contributed by atoms with Gasteiger partial charge in [-0.15, -0.1) is 0 Å². The van der Waals surface area contributed by atoms with Crippen LogP contribution in [-0.4, -0.2) is 16.6 Å². The van der Waals surface area contributed by atoms with Crippen LogP contribution in [0.15, 0.2) is 65.7 Å². The number of nitrogens with zero attached hydrogens (tertiary/aromatic N) is 2. The third-order valence-electron chi connectivity index (χ3n) is 3.01. The summed E-state index contributed by atoms with van der Waals surface area (Å²) in [5, 5.41) is 0.903. The summed E-state index contributed by atoms with van der Waals surface area (Å²) in [6.45, 7) is 4.09. The van der Waals surface area contributed by atoms with E-state index in [0.717, 1.165) is 20.9 Å². The van der Waals surface area contributed by atoms with Crippen LogP contribution < -0.4 is 4.74 Å². The Morgan fingerprint density at radius 2 is 1.81 bits per heavy atom. The van der Waals surface area contributed by atoms with Crippen molar-refractivity contribution in [2.24, 2.45) is 0 Å². The van der Waals surface area contributed by atoms with Gasteiger partial charge in [-0.05, 0) is 24.3 Å². The first kappa shape index (κ1) is 13.8. The second kappa shape index (κ2) is 6.06. The average molecular weight is 341 g/mol. The predicted octanol–water partition coefficient (Wildman–Crippen LogP) is 4.62. The highest BCUT2D eigenvalue weighted by atomic mass is 79.9. The first-order valence-electron chi connectivity index (χ1n) is 6.54. The maximum atomic E-state index is 5.68. The molecule has 0 aliphatic carbocycles. The summed E-state index contributed by atoms with van der Waals surface area (Å²) in [4.78, 5) is 9.15. The molecule has 1 aromatic heterocycles. The van der Waals surface area contributed by atoms with Crippen molar-refractivity contribution in [1.29, 1.82) is 0 Å². The van der Waals surface area contributed by atoms with E-state index in [1.54, 1.807) is 6.08 Å². The zero-order chi connectivity index (χ0) is 14.7. The van der Waals surface area contributed by atoms with Gasteiger partial charge in [-0.2, -0.15) is 4.98 Å². The molecule has 21 heavy (non-hydrogen) atoms. The lowest BCUT2D eigenvalue weighted by Gasteiger charge is -2.09. The molecule has 0 N–H and O–H groups in total. The minimum Gasteiger partial charge on any atom is -0.473 e. The maximum absolute atomic E-state index is 5.68. The molecule has 3 aromatic rings. The SMILES string of the molecule is C=CCOc1nc(-c2ccc(Br)cc2)nc2ccccc12. The molecule has 104 valence electrons. The Morgan fingerprint density at radius 1 is 1.05 bits per heavy atom. The summed E-state index contributed by atoms with van der Waals surface area (Å²) in [5.74, 6) is 1.23. The van der Waals surface area contributed by atoms with E-state index in [1.807, 2.05) is 48.5 Å². The van der Waals surface area contributed by atoms with Crippen LogP contribution >= 0.6 is 15.9 Å². The Kier molecular flexibility index (Phi) is 3.97. The van der Waals surface area contributed by atoms with Crippen LogP contribution in [0.25, 0.3) is 22.3 Å². The lowest BCUT2D eigenvalue weighted by atomic mass is 10.2. The molecule has 0 saturated carbocycles. The fourth-order valence-corrected chi connectivity index (χ4v) is 2.29. The predicted molar refractivity (Wildman–Crippen MR) is 88.4 cm³/mol. The Bertz CT molecular complexity index is 784. The first-order valence-corrected chi connectivity index (χ1v) is 7.33. The molecule has 0 saturated heterocycles. The van der Waals surface area contributed by atoms with E-state index < -0.39 is 0 Å². The lowest BCUT2D eigenvalue weighted by molar-refractivity contribution is 0.353. The van der Waals surface area contributed by atoms with Gasteiger partial charge in [0.15, 0.2) is 5.82 Å². The van der Waals surface area contributed by atoms with Gasteiger partial charge in [-0.25, -0.2) is 4.98 Å². The van der Waals surface area contributed by atoms with E-state index in [2.05, 4.69) is 32.5 Å². The summed E-state index contributed by atoms with van der Waals surface area (Å²) in [6.07, 6.45) is 1.70. The van der Waals surface area contributed by atoms with Gasteiger partial charge in [0.05, 0.1) is 10.9 Å². The number of ether oxygens (including phenoxy) is 1. The van der Waals surface area contributed by atoms with Gasteiger partial charge in [0.1, 0.15) is 6.61 Å². The molecule has 0 amide bonds. The molecule has 0 atom stereocenters. The highest BCUT2D eigenvalue weighted by Crippen LogP contribution is 2.27. The van der Waals surface area contributed by atoms with Crippen molar-refractivity contribution in [2.75, 3.05) is 6.61 Å². The van der Waals surface area contributed by atoms with Gasteiger partial charge >= 0.3 is 0 Å². The van der Waals surface area contributed by atoms with E-state index >= 15 is 0 Å². The van der Waals surface area contributed by atoms with Crippen molar-refractivity contribution in [3.8, 4) is 17.3 Å². The lowest BCUT2D eigenvalue weighted by Crippen LogP contribution is -2.00. The van der Waals surface area contributed by atoms with Gasteiger partial charge in [0.25, 0.3) is 0 Å². The molecule has 0 unspecified atom stereocenters. The standard InChI is InChI=1S/C17H13BrN2O/c1-2-11-21-17-14-5-3-4-6-15(14)19-16(20-17)12-7-9-13(18)10-8-12/h2-10H,1,11H2. The van der Waals surface area contributed by atoms with Crippen molar-refractivity contribution >= 4 is 26.8 Å². The van der Waals surface area contributed by atoms with Crippen molar-refractivity contribution < 1.29 is 4.74 Å². The molecule has 3 rings (SSSR count). The van der Waals surface area contributed by atoms with Gasteiger partial charge in [-0.3, -0.25) is 0 Å². The van der Waals surface area contributed by atoms with Crippen LogP contribution in [0.3, 0.4) is 0 Å². The van der Waals surface area contributed by atoms with Crippen LogP contribution in [0.2, 0.25) is 0 Å².